The average molecular weight is 584 g/mol. The van der Waals surface area contributed by atoms with Crippen LogP contribution in [0.3, 0.4) is 0 Å². The molecule has 0 aliphatic heterocycles. The van der Waals surface area contributed by atoms with Crippen molar-refractivity contribution in [2.45, 2.75) is 37.3 Å². The highest BCUT2D eigenvalue weighted by atomic mass is 16.5. The maximum absolute atomic E-state index is 13.6. The van der Waals surface area contributed by atoms with Crippen molar-refractivity contribution >= 4 is 11.9 Å². The molecule has 1 amide bonds. The van der Waals surface area contributed by atoms with Crippen LogP contribution >= 0.6 is 0 Å². The molecule has 4 aromatic carbocycles. The molecule has 0 spiro atoms. The Morgan fingerprint density at radius 3 is 1.82 bits per heavy atom. The molecule has 1 aromatic heterocycles. The van der Waals surface area contributed by atoms with E-state index in [4.69, 9.17) is 9.72 Å². The van der Waals surface area contributed by atoms with Gasteiger partial charge in [-0.3, -0.25) is 4.79 Å². The Balaban J connectivity index is 1.32. The van der Waals surface area contributed by atoms with Gasteiger partial charge in [-0.05, 0) is 41.0 Å². The maximum atomic E-state index is 13.6. The van der Waals surface area contributed by atoms with Gasteiger partial charge in [0.05, 0.1) is 19.1 Å². The zero-order valence-corrected chi connectivity index (χ0v) is 25.0. The molecule has 6 rings (SSSR count). The van der Waals surface area contributed by atoms with E-state index in [0.29, 0.717) is 12.0 Å². The second-order valence-corrected chi connectivity index (χ2v) is 11.4. The van der Waals surface area contributed by atoms with Crippen LogP contribution < -0.4 is 5.32 Å². The van der Waals surface area contributed by atoms with Crippen molar-refractivity contribution in [1.29, 1.82) is 0 Å². The summed E-state index contributed by atoms with van der Waals surface area (Å²) in [5.41, 5.74) is 4.44. The van der Waals surface area contributed by atoms with Crippen LogP contribution in [0, 0.1) is 11.8 Å². The van der Waals surface area contributed by atoms with Crippen molar-refractivity contribution in [2.75, 3.05) is 7.11 Å². The maximum Gasteiger partial charge on any atom is 0.333 e. The lowest BCUT2D eigenvalue weighted by atomic mass is 9.77. The van der Waals surface area contributed by atoms with Gasteiger partial charge >= 0.3 is 5.97 Å². The number of hydrogen-bond acceptors (Lipinski definition) is 4. The van der Waals surface area contributed by atoms with Gasteiger partial charge in [-0.2, -0.15) is 0 Å². The molecule has 1 aliphatic carbocycles. The summed E-state index contributed by atoms with van der Waals surface area (Å²) >= 11 is 0. The van der Waals surface area contributed by atoms with Crippen LogP contribution in [-0.2, 0) is 19.9 Å². The Labute approximate surface area is 258 Å². The van der Waals surface area contributed by atoms with Crippen LogP contribution in [0.25, 0.3) is 0 Å². The lowest BCUT2D eigenvalue weighted by Crippen LogP contribution is -2.39. The minimum absolute atomic E-state index is 0.133. The molecule has 1 N–H and O–H groups in total. The number of benzene rings is 4. The summed E-state index contributed by atoms with van der Waals surface area (Å²) in [4.78, 5) is 31.2. The minimum Gasteiger partial charge on any atom is -0.467 e. The Bertz CT molecular complexity index is 1590. The van der Waals surface area contributed by atoms with E-state index in [-0.39, 0.29) is 23.7 Å². The largest absolute Gasteiger partial charge is 0.467 e. The van der Waals surface area contributed by atoms with Crippen LogP contribution in [0.15, 0.2) is 134 Å². The van der Waals surface area contributed by atoms with Crippen LogP contribution in [0.4, 0.5) is 0 Å². The second kappa shape index (κ2) is 12.7. The summed E-state index contributed by atoms with van der Waals surface area (Å²) < 4.78 is 7.25. The smallest absolute Gasteiger partial charge is 0.333 e. The summed E-state index contributed by atoms with van der Waals surface area (Å²) in [6, 6.07) is 40.0. The molecule has 6 nitrogen and oxygen atoms in total. The molecule has 0 bridgehead atoms. The monoisotopic (exact) mass is 583 g/mol. The van der Waals surface area contributed by atoms with E-state index in [2.05, 4.69) is 88.9 Å². The van der Waals surface area contributed by atoms with Crippen LogP contribution in [-0.4, -0.2) is 28.5 Å². The number of nitrogens with zero attached hydrogens (tertiary/aromatic N) is 2. The number of methoxy groups -OCH3 is 1. The van der Waals surface area contributed by atoms with Crippen molar-refractivity contribution in [1.82, 2.24) is 14.9 Å². The summed E-state index contributed by atoms with van der Waals surface area (Å²) in [7, 11) is 1.34. The van der Waals surface area contributed by atoms with Gasteiger partial charge in [0.2, 0.25) is 5.91 Å². The first kappa shape index (κ1) is 29.1. The molecule has 5 aromatic rings. The third-order valence-corrected chi connectivity index (χ3v) is 8.93. The lowest BCUT2D eigenvalue weighted by Gasteiger charge is -2.37. The predicted octanol–water partition coefficient (Wildman–Crippen LogP) is 6.88. The average Bonchev–Trinajstić information content (AvgIpc) is 3.71. The standard InChI is InChI=1S/C38H37N3O3/c1-3-31(36(42)40-35(37(43)44-2)27-16-8-4-9-17-27)32-24-33(32)34-25-41(26-39-34)38(28-18-10-5-11-19-28,29-20-12-6-13-21-29)30-22-14-7-15-23-30/h4-23,25-26,31-33,35H,3,24H2,1-2H3,(H,40,42)/t31-,32+,33-,35+/m0/s1. The first-order valence-electron chi connectivity index (χ1n) is 15.2. The fraction of sp³-hybridized carbons (Fsp3) is 0.237. The van der Waals surface area contributed by atoms with Gasteiger partial charge in [-0.1, -0.05) is 128 Å². The molecule has 1 aliphatic rings. The molecule has 1 saturated carbocycles. The number of nitrogens with one attached hydrogen (secondary N) is 1. The SMILES string of the molecule is CC[C@H](C(=O)N[C@@H](C(=O)OC)c1ccccc1)[C@H]1C[C@@H]1c1cn(C(c2ccccc2)(c2ccccc2)c2ccccc2)cn1. The van der Waals surface area contributed by atoms with Gasteiger partial charge in [-0.15, -0.1) is 0 Å². The number of hydrogen-bond donors (Lipinski definition) is 1. The van der Waals surface area contributed by atoms with E-state index >= 15 is 0 Å². The van der Waals surface area contributed by atoms with E-state index in [9.17, 15) is 9.59 Å². The summed E-state index contributed by atoms with van der Waals surface area (Å²) in [5, 5.41) is 2.98. The second-order valence-electron chi connectivity index (χ2n) is 11.4. The van der Waals surface area contributed by atoms with E-state index in [0.717, 1.165) is 28.8 Å². The van der Waals surface area contributed by atoms with Gasteiger partial charge in [-0.25, -0.2) is 9.78 Å². The highest BCUT2D eigenvalue weighted by Crippen LogP contribution is 2.53. The van der Waals surface area contributed by atoms with Crippen LogP contribution in [0.1, 0.15) is 59.7 Å². The molecule has 44 heavy (non-hydrogen) atoms. The number of carbonyl (C=O) groups excluding carboxylic acids is 2. The highest BCUT2D eigenvalue weighted by molar-refractivity contribution is 5.87. The van der Waals surface area contributed by atoms with E-state index in [1.54, 1.807) is 0 Å². The number of imidazole rings is 1. The molecule has 4 atom stereocenters. The number of carbonyl (C=O) groups is 2. The number of ether oxygens (including phenoxy) is 1. The number of rotatable bonds is 11. The molecule has 0 unspecified atom stereocenters. The van der Waals surface area contributed by atoms with Gasteiger partial charge < -0.3 is 14.6 Å². The molecule has 0 radical (unpaired) electrons. The lowest BCUT2D eigenvalue weighted by molar-refractivity contribution is -0.146. The fourth-order valence-corrected chi connectivity index (χ4v) is 6.67. The van der Waals surface area contributed by atoms with Crippen molar-refractivity contribution in [3.8, 4) is 0 Å². The number of amides is 1. The zero-order valence-electron chi connectivity index (χ0n) is 25.0. The van der Waals surface area contributed by atoms with E-state index in [1.807, 2.05) is 61.8 Å². The predicted molar refractivity (Wildman–Crippen MR) is 171 cm³/mol. The number of esters is 1. The van der Waals surface area contributed by atoms with Gasteiger partial charge in [0, 0.05) is 18.0 Å². The summed E-state index contributed by atoms with van der Waals surface area (Å²) in [6.07, 6.45) is 5.62. The third kappa shape index (κ3) is 5.44. The van der Waals surface area contributed by atoms with Gasteiger partial charge in [0.15, 0.2) is 6.04 Å². The molecule has 1 heterocycles. The van der Waals surface area contributed by atoms with Gasteiger partial charge in [0.25, 0.3) is 0 Å². The quantitative estimate of drug-likeness (QED) is 0.136. The van der Waals surface area contributed by atoms with E-state index in [1.165, 1.54) is 7.11 Å². The molecule has 0 saturated heterocycles. The summed E-state index contributed by atoms with van der Waals surface area (Å²) in [6.45, 7) is 2.03. The van der Waals surface area contributed by atoms with Crippen molar-refractivity contribution in [3.63, 3.8) is 0 Å². The fourth-order valence-electron chi connectivity index (χ4n) is 6.67. The Kier molecular flexibility index (Phi) is 8.42. The molecular formula is C38H37N3O3. The Hall–Kier alpha value is -4.97. The first-order valence-corrected chi connectivity index (χ1v) is 15.2. The van der Waals surface area contributed by atoms with Crippen LogP contribution in [0.5, 0.6) is 0 Å². The molecule has 222 valence electrons. The van der Waals surface area contributed by atoms with E-state index < -0.39 is 17.6 Å². The Morgan fingerprint density at radius 2 is 1.34 bits per heavy atom. The highest BCUT2D eigenvalue weighted by Gasteiger charge is 2.48. The molecular weight excluding hydrogens is 546 g/mol. The summed E-state index contributed by atoms with van der Waals surface area (Å²) in [5.74, 6) is -0.573. The zero-order chi connectivity index (χ0) is 30.5. The topological polar surface area (TPSA) is 73.2 Å². The minimum atomic E-state index is -0.845. The van der Waals surface area contributed by atoms with Crippen molar-refractivity contribution in [2.24, 2.45) is 11.8 Å². The molecule has 1 fully saturated rings. The number of aromatic nitrogens is 2. The van der Waals surface area contributed by atoms with Crippen LogP contribution in [0.2, 0.25) is 0 Å². The van der Waals surface area contributed by atoms with Crippen molar-refractivity contribution in [3.05, 3.63) is 162 Å². The Morgan fingerprint density at radius 1 is 0.841 bits per heavy atom. The third-order valence-electron chi connectivity index (χ3n) is 8.93. The van der Waals surface area contributed by atoms with Crippen molar-refractivity contribution < 1.29 is 14.3 Å². The van der Waals surface area contributed by atoms with Gasteiger partial charge in [0.1, 0.15) is 5.54 Å². The molecule has 6 heteroatoms. The first-order chi connectivity index (χ1) is 21.6. The normalized spacial score (nSPS) is 17.3.